The van der Waals surface area contributed by atoms with Crippen LogP contribution < -0.4 is 0 Å². The molecule has 3 heteroatoms. The van der Waals surface area contributed by atoms with E-state index in [2.05, 4.69) is 0 Å². The lowest BCUT2D eigenvalue weighted by atomic mass is 9.92. The number of hydrogen-bond acceptors (Lipinski definition) is 3. The predicted octanol–water partition coefficient (Wildman–Crippen LogP) is 1.98. The average Bonchev–Trinajstić information content (AvgIpc) is 2.95. The summed E-state index contributed by atoms with van der Waals surface area (Å²) < 4.78 is 5.35. The Morgan fingerprint density at radius 2 is 1.62 bits per heavy atom. The van der Waals surface area contributed by atoms with Crippen LogP contribution in [0, 0.1) is 6.92 Å². The highest BCUT2D eigenvalue weighted by molar-refractivity contribution is 6.12. The van der Waals surface area contributed by atoms with Gasteiger partial charge in [0.05, 0.1) is 0 Å². The standard InChI is InChI=1S/C13H14O3/c1-8-4-6-11(7-5-8)12-13(16-12,9(2)14)10(3)15/h4-7,12H,1-3H3. The number of Topliss-reactive ketones (excluding diaryl/α,β-unsaturated/α-hetero) is 2. The van der Waals surface area contributed by atoms with Crippen molar-refractivity contribution in [2.24, 2.45) is 0 Å². The molecule has 1 aliphatic heterocycles. The molecule has 1 unspecified atom stereocenters. The first-order valence-electron chi connectivity index (χ1n) is 5.25. The van der Waals surface area contributed by atoms with Crippen molar-refractivity contribution in [2.75, 3.05) is 0 Å². The number of carbonyl (C=O) groups is 2. The van der Waals surface area contributed by atoms with E-state index < -0.39 is 11.7 Å². The first-order chi connectivity index (χ1) is 7.48. The number of ether oxygens (including phenoxy) is 1. The third-order valence-electron chi connectivity index (χ3n) is 3.04. The quantitative estimate of drug-likeness (QED) is 0.575. The van der Waals surface area contributed by atoms with Crippen molar-refractivity contribution in [1.29, 1.82) is 0 Å². The van der Waals surface area contributed by atoms with Crippen LogP contribution in [0.1, 0.15) is 31.1 Å². The lowest BCUT2D eigenvalue weighted by Crippen LogP contribution is -2.31. The molecule has 0 aliphatic carbocycles. The highest BCUT2D eigenvalue weighted by Gasteiger charge is 2.64. The number of aryl methyl sites for hydroxylation is 1. The summed E-state index contributed by atoms with van der Waals surface area (Å²) in [5, 5.41) is 0. The second-order valence-electron chi connectivity index (χ2n) is 4.26. The van der Waals surface area contributed by atoms with Crippen LogP contribution in [0.5, 0.6) is 0 Å². The van der Waals surface area contributed by atoms with Gasteiger partial charge >= 0.3 is 0 Å². The molecular weight excluding hydrogens is 204 g/mol. The average molecular weight is 218 g/mol. The van der Waals surface area contributed by atoms with Gasteiger partial charge in [-0.1, -0.05) is 29.8 Å². The Morgan fingerprint density at radius 3 is 2.00 bits per heavy atom. The molecule has 0 amide bonds. The number of epoxide rings is 1. The topological polar surface area (TPSA) is 46.7 Å². The van der Waals surface area contributed by atoms with Crippen molar-refractivity contribution in [3.63, 3.8) is 0 Å². The third kappa shape index (κ3) is 1.48. The summed E-state index contributed by atoms with van der Waals surface area (Å²) in [5.74, 6) is -0.434. The highest BCUT2D eigenvalue weighted by Crippen LogP contribution is 2.50. The zero-order valence-electron chi connectivity index (χ0n) is 9.61. The second-order valence-corrected chi connectivity index (χ2v) is 4.26. The summed E-state index contributed by atoms with van der Waals surface area (Å²) in [4.78, 5) is 22.9. The van der Waals surface area contributed by atoms with Gasteiger partial charge in [0.25, 0.3) is 0 Å². The van der Waals surface area contributed by atoms with Crippen molar-refractivity contribution in [1.82, 2.24) is 0 Å². The smallest absolute Gasteiger partial charge is 0.214 e. The van der Waals surface area contributed by atoms with Crippen molar-refractivity contribution >= 4 is 11.6 Å². The van der Waals surface area contributed by atoms with Crippen LogP contribution in [0.2, 0.25) is 0 Å². The fourth-order valence-corrected chi connectivity index (χ4v) is 1.98. The molecule has 0 radical (unpaired) electrons. The van der Waals surface area contributed by atoms with E-state index in [0.717, 1.165) is 11.1 Å². The largest absolute Gasteiger partial charge is 0.344 e. The van der Waals surface area contributed by atoms with Gasteiger partial charge in [0, 0.05) is 0 Å². The van der Waals surface area contributed by atoms with Crippen molar-refractivity contribution in [3.8, 4) is 0 Å². The summed E-state index contributed by atoms with van der Waals surface area (Å²) in [6.45, 7) is 4.78. The molecule has 1 aromatic carbocycles. The maximum atomic E-state index is 11.5. The number of benzene rings is 1. The molecule has 16 heavy (non-hydrogen) atoms. The Morgan fingerprint density at radius 1 is 1.12 bits per heavy atom. The number of carbonyl (C=O) groups excluding carboxylic acids is 2. The fourth-order valence-electron chi connectivity index (χ4n) is 1.98. The van der Waals surface area contributed by atoms with E-state index in [1.165, 1.54) is 13.8 Å². The summed E-state index contributed by atoms with van der Waals surface area (Å²) in [6, 6.07) is 7.69. The van der Waals surface area contributed by atoms with Gasteiger partial charge in [0.1, 0.15) is 6.10 Å². The second kappa shape index (κ2) is 3.52. The van der Waals surface area contributed by atoms with Gasteiger partial charge < -0.3 is 4.74 Å². The van der Waals surface area contributed by atoms with Gasteiger partial charge in [-0.2, -0.15) is 0 Å². The molecule has 0 spiro atoms. The molecule has 1 atom stereocenters. The van der Waals surface area contributed by atoms with Crippen LogP contribution in [0.25, 0.3) is 0 Å². The summed E-state index contributed by atoms with van der Waals surface area (Å²) in [5.41, 5.74) is 0.812. The Labute approximate surface area is 94.4 Å². The molecule has 1 saturated heterocycles. The minimum absolute atomic E-state index is 0.217. The predicted molar refractivity (Wildman–Crippen MR) is 59.1 cm³/mol. The Balaban J connectivity index is 2.30. The van der Waals surface area contributed by atoms with Gasteiger partial charge in [0.15, 0.2) is 11.6 Å². The maximum absolute atomic E-state index is 11.5. The third-order valence-corrected chi connectivity index (χ3v) is 3.04. The van der Waals surface area contributed by atoms with Crippen LogP contribution in [0.3, 0.4) is 0 Å². The van der Waals surface area contributed by atoms with E-state index in [9.17, 15) is 9.59 Å². The van der Waals surface area contributed by atoms with Crippen LogP contribution in [0.15, 0.2) is 24.3 Å². The van der Waals surface area contributed by atoms with Crippen molar-refractivity contribution in [3.05, 3.63) is 35.4 Å². The van der Waals surface area contributed by atoms with Gasteiger partial charge in [-0.25, -0.2) is 0 Å². The fraction of sp³-hybridized carbons (Fsp3) is 0.385. The van der Waals surface area contributed by atoms with E-state index in [4.69, 9.17) is 4.74 Å². The summed E-state index contributed by atoms with van der Waals surface area (Å²) >= 11 is 0. The maximum Gasteiger partial charge on any atom is 0.214 e. The zero-order valence-corrected chi connectivity index (χ0v) is 9.61. The molecule has 1 fully saturated rings. The Kier molecular flexibility index (Phi) is 2.43. The van der Waals surface area contributed by atoms with Gasteiger partial charge in [0.2, 0.25) is 5.60 Å². The van der Waals surface area contributed by atoms with Crippen LogP contribution in [-0.2, 0) is 14.3 Å². The van der Waals surface area contributed by atoms with Crippen molar-refractivity contribution in [2.45, 2.75) is 32.5 Å². The zero-order chi connectivity index (χ0) is 11.9. The van der Waals surface area contributed by atoms with Crippen LogP contribution in [-0.4, -0.2) is 17.2 Å². The van der Waals surface area contributed by atoms with E-state index in [1.807, 2.05) is 31.2 Å². The monoisotopic (exact) mass is 218 g/mol. The van der Waals surface area contributed by atoms with Crippen LogP contribution in [0.4, 0.5) is 0 Å². The minimum Gasteiger partial charge on any atom is -0.344 e. The first kappa shape index (κ1) is 11.0. The molecule has 3 nitrogen and oxygen atoms in total. The first-order valence-corrected chi connectivity index (χ1v) is 5.25. The molecule has 1 aliphatic rings. The van der Waals surface area contributed by atoms with E-state index in [-0.39, 0.29) is 11.6 Å². The summed E-state index contributed by atoms with van der Waals surface area (Å²) in [7, 11) is 0. The van der Waals surface area contributed by atoms with Gasteiger partial charge in [-0.05, 0) is 26.3 Å². The van der Waals surface area contributed by atoms with Gasteiger partial charge in [-0.3, -0.25) is 9.59 Å². The molecule has 84 valence electrons. The normalized spacial score (nSPS) is 21.6. The number of rotatable bonds is 3. The van der Waals surface area contributed by atoms with E-state index in [1.54, 1.807) is 0 Å². The molecule has 2 rings (SSSR count). The number of ketones is 2. The molecule has 1 heterocycles. The van der Waals surface area contributed by atoms with Crippen molar-refractivity contribution < 1.29 is 14.3 Å². The molecule has 1 aromatic rings. The molecule has 0 aromatic heterocycles. The lowest BCUT2D eigenvalue weighted by Gasteiger charge is -2.04. The van der Waals surface area contributed by atoms with Crippen LogP contribution >= 0.6 is 0 Å². The molecule has 0 saturated carbocycles. The SMILES string of the molecule is CC(=O)C1(C(C)=O)OC1c1ccc(C)cc1. The molecule has 0 N–H and O–H groups in total. The summed E-state index contributed by atoms with van der Waals surface area (Å²) in [6.07, 6.45) is -0.400. The Bertz CT molecular complexity index is 431. The van der Waals surface area contributed by atoms with E-state index >= 15 is 0 Å². The van der Waals surface area contributed by atoms with E-state index in [0.29, 0.717) is 0 Å². The number of hydrogen-bond donors (Lipinski definition) is 0. The lowest BCUT2D eigenvalue weighted by molar-refractivity contribution is -0.132. The molecule has 0 bridgehead atoms. The highest BCUT2D eigenvalue weighted by atomic mass is 16.6. The Hall–Kier alpha value is -1.48. The minimum atomic E-state index is -1.21. The molecular formula is C13H14O3. The van der Waals surface area contributed by atoms with Gasteiger partial charge in [-0.15, -0.1) is 0 Å².